The molecule has 0 spiro atoms. The van der Waals surface area contributed by atoms with E-state index in [9.17, 15) is 5.11 Å². The Labute approximate surface area is 62.1 Å². The van der Waals surface area contributed by atoms with Crippen LogP contribution in [0.3, 0.4) is 0 Å². The van der Waals surface area contributed by atoms with Crippen LogP contribution in [0.1, 0.15) is 26.7 Å². The first-order valence-corrected chi connectivity index (χ1v) is 3.61. The smallest absolute Gasteiger partial charge is 0.0808 e. The molecule has 0 aliphatic heterocycles. The number of allylic oxidation sites excluding steroid dienone is 2. The van der Waals surface area contributed by atoms with E-state index in [1.807, 2.05) is 19.9 Å². The molecule has 1 atom stereocenters. The monoisotopic (exact) mass is 138 g/mol. The zero-order chi connectivity index (χ0) is 7.78. The van der Waals surface area contributed by atoms with Crippen LogP contribution in [0, 0.1) is 0 Å². The highest BCUT2D eigenvalue weighted by Gasteiger charge is 2.24. The molecule has 1 rings (SSSR count). The van der Waals surface area contributed by atoms with Crippen molar-refractivity contribution < 1.29 is 5.11 Å². The standard InChI is InChI=1S/C9H14O/c1-7(2)8-4-5-9(3,10)6-8/h6,10H,1,4-5H2,2-3H3. The highest BCUT2D eigenvalue weighted by atomic mass is 16.3. The van der Waals surface area contributed by atoms with Gasteiger partial charge in [-0.3, -0.25) is 0 Å². The van der Waals surface area contributed by atoms with Gasteiger partial charge in [0.15, 0.2) is 0 Å². The van der Waals surface area contributed by atoms with Crippen molar-refractivity contribution in [2.45, 2.75) is 32.3 Å². The second kappa shape index (κ2) is 2.24. The van der Waals surface area contributed by atoms with Crippen LogP contribution in [0.4, 0.5) is 0 Å². The van der Waals surface area contributed by atoms with E-state index in [-0.39, 0.29) is 0 Å². The number of hydrogen-bond donors (Lipinski definition) is 1. The van der Waals surface area contributed by atoms with E-state index < -0.39 is 5.60 Å². The van der Waals surface area contributed by atoms with Crippen LogP contribution in [-0.2, 0) is 0 Å². The summed E-state index contributed by atoms with van der Waals surface area (Å²) in [5.74, 6) is 0. The van der Waals surface area contributed by atoms with Gasteiger partial charge in [-0.25, -0.2) is 0 Å². The summed E-state index contributed by atoms with van der Waals surface area (Å²) in [6.45, 7) is 7.64. The fourth-order valence-electron chi connectivity index (χ4n) is 1.24. The first-order chi connectivity index (χ1) is 4.51. The summed E-state index contributed by atoms with van der Waals surface area (Å²) in [4.78, 5) is 0. The lowest BCUT2D eigenvalue weighted by molar-refractivity contribution is 0.112. The molecular weight excluding hydrogens is 124 g/mol. The highest BCUT2D eigenvalue weighted by molar-refractivity contribution is 5.32. The van der Waals surface area contributed by atoms with Crippen molar-refractivity contribution in [1.82, 2.24) is 0 Å². The van der Waals surface area contributed by atoms with Gasteiger partial charge in [-0.1, -0.05) is 12.2 Å². The molecule has 0 amide bonds. The minimum absolute atomic E-state index is 0.575. The predicted octanol–water partition coefficient (Wildman–Crippen LogP) is 2.03. The second-order valence-electron chi connectivity index (χ2n) is 3.31. The van der Waals surface area contributed by atoms with Crippen LogP contribution in [0.15, 0.2) is 23.8 Å². The van der Waals surface area contributed by atoms with Crippen molar-refractivity contribution in [3.05, 3.63) is 23.8 Å². The first kappa shape index (κ1) is 7.55. The van der Waals surface area contributed by atoms with Gasteiger partial charge in [-0.2, -0.15) is 0 Å². The molecule has 1 heteroatoms. The maximum atomic E-state index is 9.50. The number of hydrogen-bond acceptors (Lipinski definition) is 1. The van der Waals surface area contributed by atoms with E-state index in [1.165, 1.54) is 5.57 Å². The lowest BCUT2D eigenvalue weighted by Crippen LogP contribution is -2.15. The van der Waals surface area contributed by atoms with E-state index in [4.69, 9.17) is 0 Å². The molecule has 0 saturated carbocycles. The summed E-state index contributed by atoms with van der Waals surface area (Å²) < 4.78 is 0. The summed E-state index contributed by atoms with van der Waals surface area (Å²) in [5, 5.41) is 9.50. The van der Waals surface area contributed by atoms with Gasteiger partial charge in [0.05, 0.1) is 5.60 Å². The van der Waals surface area contributed by atoms with Crippen molar-refractivity contribution in [3.63, 3.8) is 0 Å². The summed E-state index contributed by atoms with van der Waals surface area (Å²) >= 11 is 0. The van der Waals surface area contributed by atoms with E-state index in [0.717, 1.165) is 18.4 Å². The molecule has 0 aromatic heterocycles. The molecule has 0 bridgehead atoms. The number of aliphatic hydroxyl groups is 1. The minimum atomic E-state index is -0.575. The summed E-state index contributed by atoms with van der Waals surface area (Å²) in [7, 11) is 0. The molecule has 0 heterocycles. The molecule has 0 saturated heterocycles. The lowest BCUT2D eigenvalue weighted by Gasteiger charge is -2.10. The second-order valence-corrected chi connectivity index (χ2v) is 3.31. The maximum absolute atomic E-state index is 9.50. The molecule has 10 heavy (non-hydrogen) atoms. The largest absolute Gasteiger partial charge is 0.386 e. The average Bonchev–Trinajstić information content (AvgIpc) is 2.10. The van der Waals surface area contributed by atoms with E-state index >= 15 is 0 Å². The van der Waals surface area contributed by atoms with Crippen LogP contribution < -0.4 is 0 Å². The Morgan fingerprint density at radius 2 is 2.40 bits per heavy atom. The van der Waals surface area contributed by atoms with Crippen molar-refractivity contribution in [2.75, 3.05) is 0 Å². The summed E-state index contributed by atoms with van der Waals surface area (Å²) in [6.07, 6.45) is 3.73. The number of rotatable bonds is 1. The molecule has 0 fully saturated rings. The first-order valence-electron chi connectivity index (χ1n) is 3.61. The Bertz CT molecular complexity index is 187. The zero-order valence-corrected chi connectivity index (χ0v) is 6.65. The maximum Gasteiger partial charge on any atom is 0.0808 e. The van der Waals surface area contributed by atoms with Gasteiger partial charge in [0.1, 0.15) is 0 Å². The van der Waals surface area contributed by atoms with Crippen molar-refractivity contribution in [1.29, 1.82) is 0 Å². The van der Waals surface area contributed by atoms with E-state index in [1.54, 1.807) is 0 Å². The Morgan fingerprint density at radius 1 is 1.80 bits per heavy atom. The van der Waals surface area contributed by atoms with E-state index in [0.29, 0.717) is 0 Å². The van der Waals surface area contributed by atoms with Crippen molar-refractivity contribution >= 4 is 0 Å². The molecule has 56 valence electrons. The third kappa shape index (κ3) is 1.48. The molecule has 0 aromatic carbocycles. The zero-order valence-electron chi connectivity index (χ0n) is 6.65. The van der Waals surface area contributed by atoms with Gasteiger partial charge in [0, 0.05) is 0 Å². The summed E-state index contributed by atoms with van der Waals surface area (Å²) in [5.41, 5.74) is 1.72. The fraction of sp³-hybridized carbons (Fsp3) is 0.556. The minimum Gasteiger partial charge on any atom is -0.386 e. The van der Waals surface area contributed by atoms with Gasteiger partial charge >= 0.3 is 0 Å². The van der Waals surface area contributed by atoms with E-state index in [2.05, 4.69) is 6.58 Å². The topological polar surface area (TPSA) is 20.2 Å². The predicted molar refractivity (Wildman–Crippen MR) is 42.8 cm³/mol. The van der Waals surface area contributed by atoms with Crippen LogP contribution in [0.25, 0.3) is 0 Å². The van der Waals surface area contributed by atoms with Crippen LogP contribution in [0.2, 0.25) is 0 Å². The third-order valence-corrected chi connectivity index (χ3v) is 1.93. The van der Waals surface area contributed by atoms with Crippen molar-refractivity contribution in [2.24, 2.45) is 0 Å². The SMILES string of the molecule is C=C(C)C1=CC(C)(O)CC1. The van der Waals surface area contributed by atoms with Gasteiger partial charge in [-0.15, -0.1) is 0 Å². The molecule has 1 unspecified atom stereocenters. The van der Waals surface area contributed by atoms with Gasteiger partial charge < -0.3 is 5.11 Å². The van der Waals surface area contributed by atoms with Crippen LogP contribution in [0.5, 0.6) is 0 Å². The molecule has 1 aliphatic rings. The van der Waals surface area contributed by atoms with Gasteiger partial charge in [0.2, 0.25) is 0 Å². The van der Waals surface area contributed by atoms with Crippen LogP contribution >= 0.6 is 0 Å². The fourth-order valence-corrected chi connectivity index (χ4v) is 1.24. The molecule has 1 aliphatic carbocycles. The Kier molecular flexibility index (Phi) is 1.69. The Morgan fingerprint density at radius 3 is 2.60 bits per heavy atom. The highest BCUT2D eigenvalue weighted by Crippen LogP contribution is 2.30. The Hall–Kier alpha value is -0.560. The summed E-state index contributed by atoms with van der Waals surface area (Å²) in [6, 6.07) is 0. The normalized spacial score (nSPS) is 32.1. The average molecular weight is 138 g/mol. The quantitative estimate of drug-likeness (QED) is 0.588. The molecule has 1 N–H and O–H groups in total. The molecular formula is C9H14O. The van der Waals surface area contributed by atoms with Crippen LogP contribution in [-0.4, -0.2) is 10.7 Å². The van der Waals surface area contributed by atoms with Gasteiger partial charge in [0.25, 0.3) is 0 Å². The molecule has 1 nitrogen and oxygen atoms in total. The lowest BCUT2D eigenvalue weighted by atomic mass is 10.1. The third-order valence-electron chi connectivity index (χ3n) is 1.93. The van der Waals surface area contributed by atoms with Gasteiger partial charge in [-0.05, 0) is 38.3 Å². The molecule has 0 aromatic rings. The Balaban J connectivity index is 2.76. The van der Waals surface area contributed by atoms with Crippen molar-refractivity contribution in [3.8, 4) is 0 Å². The molecule has 0 radical (unpaired) electrons.